The van der Waals surface area contributed by atoms with Gasteiger partial charge in [0.15, 0.2) is 6.29 Å². The van der Waals surface area contributed by atoms with Crippen LogP contribution in [0.2, 0.25) is 0 Å². The maximum absolute atomic E-state index is 12.7. The summed E-state index contributed by atoms with van der Waals surface area (Å²) < 4.78 is 55.1. The van der Waals surface area contributed by atoms with Crippen LogP contribution in [0.4, 0.5) is 13.2 Å². The summed E-state index contributed by atoms with van der Waals surface area (Å²) in [4.78, 5) is 38.8. The molecule has 2 aromatic rings. The molecule has 0 bridgehead atoms. The van der Waals surface area contributed by atoms with Crippen LogP contribution >= 0.6 is 0 Å². The second-order valence-corrected chi connectivity index (χ2v) is 8.60. The summed E-state index contributed by atoms with van der Waals surface area (Å²) >= 11 is 0. The molecule has 10 heteroatoms. The van der Waals surface area contributed by atoms with E-state index in [4.69, 9.17) is 14.2 Å². The van der Waals surface area contributed by atoms with E-state index in [9.17, 15) is 27.6 Å². The Morgan fingerprint density at radius 3 is 2.06 bits per heavy atom. The highest BCUT2D eigenvalue weighted by atomic mass is 19.4. The summed E-state index contributed by atoms with van der Waals surface area (Å²) in [5.74, 6) is -1.85. The molecule has 2 amide bonds. The number of hydrogen-bond acceptors (Lipinski definition) is 6. The number of benzene rings is 2. The number of carbonyl (C=O) groups is 3. The zero-order chi connectivity index (χ0) is 24.2. The smallest absolute Gasteiger partial charge is 0.416 e. The lowest BCUT2D eigenvalue weighted by Crippen LogP contribution is -2.50. The first-order valence-corrected chi connectivity index (χ1v) is 10.7. The second-order valence-electron chi connectivity index (χ2n) is 8.60. The van der Waals surface area contributed by atoms with E-state index in [1.807, 2.05) is 6.92 Å². The van der Waals surface area contributed by atoms with Crippen LogP contribution in [0.5, 0.6) is 0 Å². The van der Waals surface area contributed by atoms with Crippen LogP contribution < -0.4 is 0 Å². The van der Waals surface area contributed by atoms with Crippen LogP contribution in [-0.4, -0.2) is 54.3 Å². The molecule has 2 aromatic carbocycles. The molecule has 0 radical (unpaired) electrons. The van der Waals surface area contributed by atoms with Crippen LogP contribution in [-0.2, 0) is 20.4 Å². The van der Waals surface area contributed by atoms with E-state index in [0.717, 1.165) is 29.2 Å². The van der Waals surface area contributed by atoms with Gasteiger partial charge in [0.25, 0.3) is 11.8 Å². The highest BCUT2D eigenvalue weighted by Gasteiger charge is 2.57. The number of amides is 2. The third-order valence-electron chi connectivity index (χ3n) is 6.47. The van der Waals surface area contributed by atoms with Crippen LogP contribution in [0.3, 0.4) is 0 Å². The number of hydrogen-bond donors (Lipinski definition) is 0. The summed E-state index contributed by atoms with van der Waals surface area (Å²) in [6.07, 6.45) is -5.69. The highest BCUT2D eigenvalue weighted by Crippen LogP contribution is 2.46. The number of esters is 1. The van der Waals surface area contributed by atoms with Gasteiger partial charge in [-0.2, -0.15) is 13.2 Å². The molecule has 2 heterocycles. The lowest BCUT2D eigenvalue weighted by molar-refractivity contribution is -0.211. The minimum absolute atomic E-state index is 0.0158. The Balaban J connectivity index is 1.16. The molecular formula is C24H20F3NO6. The predicted octanol–water partition coefficient (Wildman–Crippen LogP) is 3.53. The fraction of sp³-hybridized carbons (Fsp3) is 0.375. The Morgan fingerprint density at radius 2 is 1.53 bits per heavy atom. The fourth-order valence-electron chi connectivity index (χ4n) is 4.45. The summed E-state index contributed by atoms with van der Waals surface area (Å²) in [6, 6.07) is 9.82. The molecule has 0 aromatic heterocycles. The van der Waals surface area contributed by atoms with Crippen LogP contribution in [0.25, 0.3) is 0 Å². The van der Waals surface area contributed by atoms with Gasteiger partial charge >= 0.3 is 12.1 Å². The van der Waals surface area contributed by atoms with Gasteiger partial charge in [0.1, 0.15) is 6.10 Å². The fourth-order valence-corrected chi connectivity index (χ4v) is 4.45. The summed E-state index contributed by atoms with van der Waals surface area (Å²) in [6.45, 7) is 2.01. The van der Waals surface area contributed by atoms with Gasteiger partial charge in [-0.25, -0.2) is 4.79 Å². The largest absolute Gasteiger partial charge is 0.458 e. The van der Waals surface area contributed by atoms with E-state index in [2.05, 4.69) is 0 Å². The van der Waals surface area contributed by atoms with Crippen molar-refractivity contribution in [2.45, 2.75) is 31.5 Å². The van der Waals surface area contributed by atoms with E-state index >= 15 is 0 Å². The molecule has 5 rings (SSSR count). The maximum atomic E-state index is 12.7. The quantitative estimate of drug-likeness (QED) is 0.497. The van der Waals surface area contributed by atoms with Crippen LogP contribution in [0.1, 0.15) is 43.6 Å². The van der Waals surface area contributed by atoms with Gasteiger partial charge < -0.3 is 14.2 Å². The normalized spacial score (nSPS) is 28.6. The minimum Gasteiger partial charge on any atom is -0.458 e. The Bertz CT molecular complexity index is 1110. The Labute approximate surface area is 192 Å². The number of imide groups is 1. The second kappa shape index (κ2) is 8.21. The number of rotatable bonds is 4. The van der Waals surface area contributed by atoms with Crippen molar-refractivity contribution in [2.24, 2.45) is 11.8 Å². The van der Waals surface area contributed by atoms with E-state index in [1.54, 1.807) is 24.3 Å². The molecule has 1 saturated carbocycles. The van der Waals surface area contributed by atoms with Gasteiger partial charge in [0.2, 0.25) is 0 Å². The van der Waals surface area contributed by atoms with Crippen molar-refractivity contribution in [1.29, 1.82) is 0 Å². The monoisotopic (exact) mass is 475 g/mol. The first kappa shape index (κ1) is 22.5. The van der Waals surface area contributed by atoms with Gasteiger partial charge in [-0.05, 0) is 36.4 Å². The van der Waals surface area contributed by atoms with Gasteiger partial charge in [-0.3, -0.25) is 14.5 Å². The van der Waals surface area contributed by atoms with Crippen LogP contribution in [0, 0.1) is 11.8 Å². The molecule has 0 spiro atoms. The van der Waals surface area contributed by atoms with Gasteiger partial charge in [0.05, 0.1) is 47.4 Å². The molecule has 2 fully saturated rings. The van der Waals surface area contributed by atoms with Crippen molar-refractivity contribution in [3.63, 3.8) is 0 Å². The first-order valence-electron chi connectivity index (χ1n) is 10.7. The molecule has 3 atom stereocenters. The zero-order valence-electron chi connectivity index (χ0n) is 18.0. The number of carbonyl (C=O) groups excluding carboxylic acids is 3. The van der Waals surface area contributed by atoms with Gasteiger partial charge in [-0.1, -0.05) is 19.1 Å². The summed E-state index contributed by atoms with van der Waals surface area (Å²) in [5, 5.41) is 0. The van der Waals surface area contributed by atoms with Crippen molar-refractivity contribution in [2.75, 3.05) is 13.2 Å². The lowest BCUT2D eigenvalue weighted by atomic mass is 10.1. The molecule has 3 aliphatic rings. The number of ether oxygens (including phenoxy) is 3. The predicted molar refractivity (Wildman–Crippen MR) is 110 cm³/mol. The minimum atomic E-state index is -4.49. The van der Waals surface area contributed by atoms with Crippen molar-refractivity contribution in [3.05, 3.63) is 70.8 Å². The molecule has 34 heavy (non-hydrogen) atoms. The number of alkyl halides is 3. The van der Waals surface area contributed by atoms with Crippen molar-refractivity contribution >= 4 is 17.8 Å². The molecular weight excluding hydrogens is 455 g/mol. The SMILES string of the molecule is CC1C(OC(=O)c2ccc(C(F)(F)F)cc2)C1C1OCC(N2C(=O)c3ccccc3C2=O)CO1. The molecule has 1 saturated heterocycles. The summed E-state index contributed by atoms with van der Waals surface area (Å²) in [7, 11) is 0. The highest BCUT2D eigenvalue weighted by molar-refractivity contribution is 6.21. The molecule has 178 valence electrons. The third kappa shape index (κ3) is 3.86. The first-order chi connectivity index (χ1) is 16.2. The number of nitrogens with zero attached hydrogens (tertiary/aromatic N) is 1. The molecule has 2 aliphatic heterocycles. The number of halogens is 3. The van der Waals surface area contributed by atoms with E-state index in [0.29, 0.717) is 11.1 Å². The average Bonchev–Trinajstić information content (AvgIpc) is 3.38. The molecule has 1 aliphatic carbocycles. The van der Waals surface area contributed by atoms with Gasteiger partial charge in [-0.15, -0.1) is 0 Å². The molecule has 3 unspecified atom stereocenters. The third-order valence-corrected chi connectivity index (χ3v) is 6.47. The summed E-state index contributed by atoms with van der Waals surface area (Å²) in [5.41, 5.74) is -0.137. The Hall–Kier alpha value is -3.24. The van der Waals surface area contributed by atoms with Crippen molar-refractivity contribution in [3.8, 4) is 0 Å². The standard InChI is InChI=1S/C24H20F3NO6/c1-12-18(19(12)34-22(31)13-6-8-14(9-7-13)24(25,26)27)23-32-10-15(11-33-23)28-20(29)16-4-2-3-5-17(16)21(28)30/h2-9,12,15,18-19,23H,10-11H2,1H3. The van der Waals surface area contributed by atoms with E-state index < -0.39 is 36.1 Å². The molecule has 7 nitrogen and oxygen atoms in total. The molecule has 0 N–H and O–H groups in total. The van der Waals surface area contributed by atoms with Crippen molar-refractivity contribution in [1.82, 2.24) is 4.90 Å². The van der Waals surface area contributed by atoms with Crippen LogP contribution in [0.15, 0.2) is 48.5 Å². The zero-order valence-corrected chi connectivity index (χ0v) is 18.0. The van der Waals surface area contributed by atoms with Gasteiger partial charge in [0, 0.05) is 5.92 Å². The maximum Gasteiger partial charge on any atom is 0.416 e. The Kier molecular flexibility index (Phi) is 5.44. The van der Waals surface area contributed by atoms with E-state index in [1.165, 1.54) is 0 Å². The topological polar surface area (TPSA) is 82.1 Å². The lowest BCUT2D eigenvalue weighted by Gasteiger charge is -2.33. The number of fused-ring (bicyclic) bond motifs is 1. The Morgan fingerprint density at radius 1 is 0.971 bits per heavy atom. The van der Waals surface area contributed by atoms with Crippen molar-refractivity contribution < 1.29 is 41.8 Å². The average molecular weight is 475 g/mol. The van der Waals surface area contributed by atoms with E-state index in [-0.39, 0.29) is 42.4 Å².